The molecule has 1 atom stereocenters. The first-order valence-corrected chi connectivity index (χ1v) is 8.34. The van der Waals surface area contributed by atoms with Crippen LogP contribution in [0.2, 0.25) is 0 Å². The first kappa shape index (κ1) is 14.6. The fourth-order valence-corrected chi connectivity index (χ4v) is 3.14. The molecule has 0 aromatic heterocycles. The van der Waals surface area contributed by atoms with Crippen LogP contribution in [0, 0.1) is 5.92 Å². The predicted octanol–water partition coefficient (Wildman–Crippen LogP) is 3.20. The van der Waals surface area contributed by atoms with Crippen molar-refractivity contribution in [3.63, 3.8) is 0 Å². The minimum Gasteiger partial charge on any atom is -0.349 e. The first-order valence-electron chi connectivity index (χ1n) is 8.34. The zero-order valence-electron chi connectivity index (χ0n) is 13.0. The van der Waals surface area contributed by atoms with Crippen LogP contribution in [-0.2, 0) is 6.54 Å². The number of amides is 1. The Morgan fingerprint density at radius 3 is 2.48 bits per heavy atom. The van der Waals surface area contributed by atoms with Crippen LogP contribution in [0.1, 0.15) is 54.9 Å². The monoisotopic (exact) mass is 286 g/mol. The Morgan fingerprint density at radius 2 is 1.86 bits per heavy atom. The SMILES string of the molecule is C[C@@H](NC(=O)c1ccc(CN2CCCCC2)cc1)C1CC1. The molecule has 21 heavy (non-hydrogen) atoms. The van der Waals surface area contributed by atoms with Gasteiger partial charge in [0.25, 0.3) is 5.91 Å². The van der Waals surface area contributed by atoms with Gasteiger partial charge in [-0.15, -0.1) is 0 Å². The van der Waals surface area contributed by atoms with Gasteiger partial charge in [0.1, 0.15) is 0 Å². The molecular formula is C18H26N2O. The van der Waals surface area contributed by atoms with E-state index in [1.165, 1.54) is 50.8 Å². The average molecular weight is 286 g/mol. The topological polar surface area (TPSA) is 32.3 Å². The number of nitrogens with one attached hydrogen (secondary N) is 1. The Kier molecular flexibility index (Phi) is 4.59. The van der Waals surface area contributed by atoms with Gasteiger partial charge in [0.2, 0.25) is 0 Å². The summed E-state index contributed by atoms with van der Waals surface area (Å²) in [4.78, 5) is 14.7. The van der Waals surface area contributed by atoms with Crippen LogP contribution in [0.3, 0.4) is 0 Å². The molecular weight excluding hydrogens is 260 g/mol. The highest BCUT2D eigenvalue weighted by Gasteiger charge is 2.29. The van der Waals surface area contributed by atoms with E-state index in [-0.39, 0.29) is 5.91 Å². The van der Waals surface area contributed by atoms with E-state index in [1.54, 1.807) is 0 Å². The van der Waals surface area contributed by atoms with Gasteiger partial charge in [0.15, 0.2) is 0 Å². The molecule has 2 aliphatic rings. The summed E-state index contributed by atoms with van der Waals surface area (Å²) in [5, 5.41) is 3.11. The van der Waals surface area contributed by atoms with E-state index in [4.69, 9.17) is 0 Å². The molecule has 1 aliphatic carbocycles. The summed E-state index contributed by atoms with van der Waals surface area (Å²) in [5.74, 6) is 0.770. The maximum absolute atomic E-state index is 12.2. The molecule has 0 unspecified atom stereocenters. The lowest BCUT2D eigenvalue weighted by Gasteiger charge is -2.26. The van der Waals surface area contributed by atoms with Crippen molar-refractivity contribution in [2.75, 3.05) is 13.1 Å². The molecule has 1 aliphatic heterocycles. The van der Waals surface area contributed by atoms with E-state index in [2.05, 4.69) is 29.3 Å². The van der Waals surface area contributed by atoms with E-state index in [0.29, 0.717) is 12.0 Å². The number of benzene rings is 1. The van der Waals surface area contributed by atoms with Gasteiger partial charge in [0.05, 0.1) is 0 Å². The number of carbonyl (C=O) groups excluding carboxylic acids is 1. The maximum Gasteiger partial charge on any atom is 0.251 e. The number of nitrogens with zero attached hydrogens (tertiary/aromatic N) is 1. The van der Waals surface area contributed by atoms with Gasteiger partial charge in [-0.3, -0.25) is 9.69 Å². The average Bonchev–Trinajstić information content (AvgIpc) is 3.33. The van der Waals surface area contributed by atoms with Crippen molar-refractivity contribution < 1.29 is 4.79 Å². The van der Waals surface area contributed by atoms with Gasteiger partial charge in [-0.1, -0.05) is 18.6 Å². The van der Waals surface area contributed by atoms with Gasteiger partial charge >= 0.3 is 0 Å². The minimum atomic E-state index is 0.0684. The summed E-state index contributed by atoms with van der Waals surface area (Å²) in [6.45, 7) is 5.54. The molecule has 0 bridgehead atoms. The van der Waals surface area contributed by atoms with Gasteiger partial charge in [0, 0.05) is 18.2 Å². The van der Waals surface area contributed by atoms with Crippen molar-refractivity contribution in [1.82, 2.24) is 10.2 Å². The van der Waals surface area contributed by atoms with Crippen LogP contribution < -0.4 is 5.32 Å². The summed E-state index contributed by atoms with van der Waals surface area (Å²) in [6, 6.07) is 8.45. The van der Waals surface area contributed by atoms with Crippen molar-refractivity contribution in [3.05, 3.63) is 35.4 Å². The molecule has 3 nitrogen and oxygen atoms in total. The normalized spacial score (nSPS) is 21.0. The summed E-state index contributed by atoms with van der Waals surface area (Å²) in [6.07, 6.45) is 6.53. The maximum atomic E-state index is 12.2. The molecule has 3 rings (SSSR count). The first-order chi connectivity index (χ1) is 10.2. The molecule has 1 aromatic rings. The molecule has 1 saturated heterocycles. The van der Waals surface area contributed by atoms with E-state index in [1.807, 2.05) is 12.1 Å². The summed E-state index contributed by atoms with van der Waals surface area (Å²) < 4.78 is 0. The minimum absolute atomic E-state index is 0.0684. The van der Waals surface area contributed by atoms with Gasteiger partial charge in [-0.2, -0.15) is 0 Å². The van der Waals surface area contributed by atoms with Crippen molar-refractivity contribution in [2.24, 2.45) is 5.92 Å². The Bertz CT molecular complexity index is 472. The zero-order valence-corrected chi connectivity index (χ0v) is 13.0. The Morgan fingerprint density at radius 1 is 1.19 bits per heavy atom. The second kappa shape index (κ2) is 6.61. The van der Waals surface area contributed by atoms with E-state index in [9.17, 15) is 4.79 Å². The molecule has 2 fully saturated rings. The predicted molar refractivity (Wildman–Crippen MR) is 85.2 cm³/mol. The Hall–Kier alpha value is -1.35. The van der Waals surface area contributed by atoms with Crippen LogP contribution >= 0.6 is 0 Å². The largest absolute Gasteiger partial charge is 0.349 e. The summed E-state index contributed by atoms with van der Waals surface area (Å²) in [7, 11) is 0. The standard InChI is InChI=1S/C18H26N2O/c1-14(16-9-10-16)19-18(21)17-7-5-15(6-8-17)13-20-11-3-2-4-12-20/h5-8,14,16H,2-4,9-13H2,1H3,(H,19,21)/t14-/m1/s1. The quantitative estimate of drug-likeness (QED) is 0.901. The van der Waals surface area contributed by atoms with E-state index < -0.39 is 0 Å². The van der Waals surface area contributed by atoms with Crippen LogP contribution in [-0.4, -0.2) is 29.9 Å². The van der Waals surface area contributed by atoms with E-state index in [0.717, 1.165) is 12.1 Å². The molecule has 0 spiro atoms. The number of rotatable bonds is 5. The van der Waals surface area contributed by atoms with Crippen molar-refractivity contribution in [3.8, 4) is 0 Å². The van der Waals surface area contributed by atoms with Crippen LogP contribution in [0.4, 0.5) is 0 Å². The van der Waals surface area contributed by atoms with Crippen molar-refractivity contribution in [2.45, 2.75) is 51.6 Å². The molecule has 3 heteroatoms. The lowest BCUT2D eigenvalue weighted by molar-refractivity contribution is 0.0936. The highest BCUT2D eigenvalue weighted by Crippen LogP contribution is 2.32. The third-order valence-corrected chi connectivity index (χ3v) is 4.76. The third kappa shape index (κ3) is 4.07. The molecule has 1 aromatic carbocycles. The second-order valence-electron chi connectivity index (χ2n) is 6.63. The van der Waals surface area contributed by atoms with Crippen LogP contribution in [0.15, 0.2) is 24.3 Å². The number of likely N-dealkylation sites (tertiary alicyclic amines) is 1. The van der Waals surface area contributed by atoms with Gasteiger partial charge < -0.3 is 5.32 Å². The smallest absolute Gasteiger partial charge is 0.251 e. The lowest BCUT2D eigenvalue weighted by Crippen LogP contribution is -2.34. The molecule has 1 N–H and O–H groups in total. The molecule has 1 saturated carbocycles. The van der Waals surface area contributed by atoms with Crippen LogP contribution in [0.25, 0.3) is 0 Å². The number of piperidine rings is 1. The fourth-order valence-electron chi connectivity index (χ4n) is 3.14. The fraction of sp³-hybridized carbons (Fsp3) is 0.611. The summed E-state index contributed by atoms with van der Waals surface area (Å²) in [5.41, 5.74) is 2.09. The van der Waals surface area contributed by atoms with Gasteiger partial charge in [-0.25, -0.2) is 0 Å². The highest BCUT2D eigenvalue weighted by atomic mass is 16.1. The molecule has 1 heterocycles. The number of carbonyl (C=O) groups is 1. The highest BCUT2D eigenvalue weighted by molar-refractivity contribution is 5.94. The molecule has 0 radical (unpaired) electrons. The van der Waals surface area contributed by atoms with Crippen molar-refractivity contribution in [1.29, 1.82) is 0 Å². The Labute approximate surface area is 127 Å². The van der Waals surface area contributed by atoms with Crippen molar-refractivity contribution >= 4 is 5.91 Å². The number of hydrogen-bond donors (Lipinski definition) is 1. The second-order valence-corrected chi connectivity index (χ2v) is 6.63. The summed E-state index contributed by atoms with van der Waals surface area (Å²) >= 11 is 0. The Balaban J connectivity index is 1.54. The van der Waals surface area contributed by atoms with E-state index >= 15 is 0 Å². The molecule has 114 valence electrons. The lowest BCUT2D eigenvalue weighted by atomic mass is 10.1. The van der Waals surface area contributed by atoms with Crippen LogP contribution in [0.5, 0.6) is 0 Å². The van der Waals surface area contributed by atoms with Gasteiger partial charge in [-0.05, 0) is 69.3 Å². The number of hydrogen-bond acceptors (Lipinski definition) is 2. The zero-order chi connectivity index (χ0) is 14.7. The molecule has 1 amide bonds. The third-order valence-electron chi connectivity index (χ3n) is 4.76.